The van der Waals surface area contributed by atoms with Crippen LogP contribution in [0.15, 0.2) is 48.5 Å². The van der Waals surface area contributed by atoms with Crippen LogP contribution in [0.4, 0.5) is 5.69 Å². The predicted molar refractivity (Wildman–Crippen MR) is 148 cm³/mol. The van der Waals surface area contributed by atoms with E-state index in [1.54, 1.807) is 21.3 Å². The molecule has 3 aromatic rings. The number of carbonyl (C=O) groups excluding carboxylic acids is 1. The van der Waals surface area contributed by atoms with Crippen LogP contribution in [0.5, 0.6) is 28.7 Å². The number of nitrogens with zero attached hydrogens (tertiary/aromatic N) is 1. The van der Waals surface area contributed by atoms with E-state index in [-0.39, 0.29) is 12.3 Å². The van der Waals surface area contributed by atoms with Gasteiger partial charge in [0.15, 0.2) is 23.0 Å². The molecule has 0 bridgehead atoms. The number of ether oxygens (including phenoxy) is 5. The molecule has 1 amide bonds. The van der Waals surface area contributed by atoms with Crippen LogP contribution in [0.25, 0.3) is 0 Å². The van der Waals surface area contributed by atoms with Gasteiger partial charge >= 0.3 is 0 Å². The number of methoxy groups -OCH3 is 3. The molecule has 4 rings (SSSR count). The summed E-state index contributed by atoms with van der Waals surface area (Å²) in [6, 6.07) is 15.5. The van der Waals surface area contributed by atoms with Gasteiger partial charge in [0.1, 0.15) is 0 Å². The molecule has 3 aromatic carbocycles. The number of hydrogen-bond donors (Lipinski definition) is 0. The van der Waals surface area contributed by atoms with E-state index < -0.39 is 6.04 Å². The van der Waals surface area contributed by atoms with E-state index >= 15 is 0 Å². The minimum absolute atomic E-state index is 0.0137. The Morgan fingerprint density at radius 2 is 1.39 bits per heavy atom. The molecule has 202 valence electrons. The summed E-state index contributed by atoms with van der Waals surface area (Å²) in [5, 5.41) is 0. The number of anilines is 1. The zero-order valence-electron chi connectivity index (χ0n) is 23.3. The number of hydrogen-bond acceptors (Lipinski definition) is 6. The average Bonchev–Trinajstić information content (AvgIpc) is 2.92. The molecule has 0 fully saturated rings. The summed E-state index contributed by atoms with van der Waals surface area (Å²) in [5.41, 5.74) is 4.71. The average molecular weight is 520 g/mol. The number of benzene rings is 3. The molecule has 7 nitrogen and oxygen atoms in total. The molecule has 0 unspecified atom stereocenters. The third-order valence-corrected chi connectivity index (χ3v) is 6.81. The van der Waals surface area contributed by atoms with Crippen molar-refractivity contribution in [3.05, 3.63) is 70.8 Å². The smallest absolute Gasteiger partial charge is 0.232 e. The topological polar surface area (TPSA) is 66.5 Å². The molecular formula is C31H37NO6. The Bertz CT molecular complexity index is 1260. The highest BCUT2D eigenvalue weighted by molar-refractivity contribution is 5.98. The molecule has 7 heteroatoms. The Morgan fingerprint density at radius 3 is 1.89 bits per heavy atom. The molecule has 0 saturated carbocycles. The van der Waals surface area contributed by atoms with Crippen molar-refractivity contribution in [1.29, 1.82) is 0 Å². The second kappa shape index (κ2) is 11.7. The van der Waals surface area contributed by atoms with Crippen molar-refractivity contribution in [1.82, 2.24) is 0 Å². The Morgan fingerprint density at radius 1 is 0.816 bits per heavy atom. The first-order chi connectivity index (χ1) is 18.4. The van der Waals surface area contributed by atoms with Crippen molar-refractivity contribution in [2.75, 3.05) is 39.4 Å². The number of amides is 1. The molecule has 1 aliphatic rings. The Hall–Kier alpha value is -3.87. The minimum atomic E-state index is -0.459. The van der Waals surface area contributed by atoms with E-state index in [9.17, 15) is 4.79 Å². The van der Waals surface area contributed by atoms with Gasteiger partial charge < -0.3 is 28.6 Å². The molecule has 0 aromatic heterocycles. The van der Waals surface area contributed by atoms with E-state index in [2.05, 4.69) is 26.0 Å². The SMILES string of the molecule is CCOc1cc2c(cc1OCC)[C@H](c1cc(OC)c(OC)c(OC)c1)N(c1ccc(C(C)C)cc1)C(=O)C2. The van der Waals surface area contributed by atoms with Crippen LogP contribution in [0.3, 0.4) is 0 Å². The van der Waals surface area contributed by atoms with Crippen molar-refractivity contribution in [3.63, 3.8) is 0 Å². The zero-order valence-corrected chi connectivity index (χ0v) is 23.3. The monoisotopic (exact) mass is 519 g/mol. The van der Waals surface area contributed by atoms with Crippen LogP contribution in [0.2, 0.25) is 0 Å². The van der Waals surface area contributed by atoms with E-state index in [0.717, 1.165) is 22.4 Å². The van der Waals surface area contributed by atoms with Gasteiger partial charge in [-0.15, -0.1) is 0 Å². The fraction of sp³-hybridized carbons (Fsp3) is 0.387. The number of carbonyl (C=O) groups is 1. The highest BCUT2D eigenvalue weighted by atomic mass is 16.5. The lowest BCUT2D eigenvalue weighted by molar-refractivity contribution is -0.118. The quantitative estimate of drug-likeness (QED) is 0.313. The Labute approximate surface area is 225 Å². The van der Waals surface area contributed by atoms with Gasteiger partial charge in [0, 0.05) is 5.69 Å². The van der Waals surface area contributed by atoms with E-state index in [1.165, 1.54) is 5.56 Å². The van der Waals surface area contributed by atoms with Crippen molar-refractivity contribution >= 4 is 11.6 Å². The first kappa shape index (κ1) is 27.2. The van der Waals surface area contributed by atoms with E-state index in [4.69, 9.17) is 23.7 Å². The molecule has 0 radical (unpaired) electrons. The maximum Gasteiger partial charge on any atom is 0.232 e. The van der Waals surface area contributed by atoms with Crippen molar-refractivity contribution in [2.24, 2.45) is 0 Å². The number of rotatable bonds is 10. The zero-order chi connectivity index (χ0) is 27.4. The lowest BCUT2D eigenvalue weighted by atomic mass is 9.86. The van der Waals surface area contributed by atoms with Gasteiger partial charge in [0.05, 0.1) is 47.0 Å². The van der Waals surface area contributed by atoms with Crippen LogP contribution in [-0.2, 0) is 11.2 Å². The molecule has 0 spiro atoms. The second-order valence-corrected chi connectivity index (χ2v) is 9.41. The van der Waals surface area contributed by atoms with Crippen LogP contribution in [0.1, 0.15) is 61.9 Å². The van der Waals surface area contributed by atoms with Gasteiger partial charge in [-0.1, -0.05) is 26.0 Å². The minimum Gasteiger partial charge on any atom is -0.493 e. The molecule has 1 aliphatic heterocycles. The van der Waals surface area contributed by atoms with Gasteiger partial charge in [-0.05, 0) is 78.4 Å². The lowest BCUT2D eigenvalue weighted by Gasteiger charge is -2.38. The predicted octanol–water partition coefficient (Wildman–Crippen LogP) is 6.31. The Balaban J connectivity index is 1.98. The van der Waals surface area contributed by atoms with Crippen molar-refractivity contribution < 1.29 is 28.5 Å². The standard InChI is InChI=1S/C31H37NO6/c1-8-37-25-14-21-17-29(33)32(23-12-10-20(11-13-23)19(3)4)30(24(21)18-26(25)38-9-2)22-15-27(34-5)31(36-7)28(16-22)35-6/h10-16,18-19,30H,8-9,17H2,1-7H3/t30-/m0/s1. The van der Waals surface area contributed by atoms with Crippen molar-refractivity contribution in [2.45, 2.75) is 46.1 Å². The molecule has 1 heterocycles. The van der Waals surface area contributed by atoms with Gasteiger partial charge in [0.2, 0.25) is 11.7 Å². The van der Waals surface area contributed by atoms with Gasteiger partial charge in [-0.2, -0.15) is 0 Å². The summed E-state index contributed by atoms with van der Waals surface area (Å²) in [5.74, 6) is 3.20. The maximum absolute atomic E-state index is 13.8. The highest BCUT2D eigenvalue weighted by Gasteiger charge is 2.37. The van der Waals surface area contributed by atoms with E-state index in [0.29, 0.717) is 47.9 Å². The summed E-state index contributed by atoms with van der Waals surface area (Å²) >= 11 is 0. The summed E-state index contributed by atoms with van der Waals surface area (Å²) in [6.45, 7) is 9.17. The summed E-state index contributed by atoms with van der Waals surface area (Å²) in [7, 11) is 4.75. The van der Waals surface area contributed by atoms with Crippen molar-refractivity contribution in [3.8, 4) is 28.7 Å². The van der Waals surface area contributed by atoms with Gasteiger partial charge in [-0.25, -0.2) is 0 Å². The third kappa shape index (κ3) is 5.10. The molecule has 0 saturated heterocycles. The molecule has 0 N–H and O–H groups in total. The molecule has 1 atom stereocenters. The first-order valence-electron chi connectivity index (χ1n) is 13.0. The summed E-state index contributed by atoms with van der Waals surface area (Å²) in [6.07, 6.45) is 0.245. The van der Waals surface area contributed by atoms with Gasteiger partial charge in [-0.3, -0.25) is 4.79 Å². The Kier molecular flexibility index (Phi) is 8.35. The van der Waals surface area contributed by atoms with E-state index in [1.807, 2.05) is 55.1 Å². The third-order valence-electron chi connectivity index (χ3n) is 6.81. The number of fused-ring (bicyclic) bond motifs is 1. The normalized spacial score (nSPS) is 14.8. The molecular weight excluding hydrogens is 482 g/mol. The van der Waals surface area contributed by atoms with Gasteiger partial charge in [0.25, 0.3) is 0 Å². The molecule has 0 aliphatic carbocycles. The molecule has 38 heavy (non-hydrogen) atoms. The highest BCUT2D eigenvalue weighted by Crippen LogP contribution is 2.47. The fourth-order valence-electron chi connectivity index (χ4n) is 4.99. The van der Waals surface area contributed by atoms with Crippen LogP contribution < -0.4 is 28.6 Å². The fourth-order valence-corrected chi connectivity index (χ4v) is 4.99. The first-order valence-corrected chi connectivity index (χ1v) is 13.0. The summed E-state index contributed by atoms with van der Waals surface area (Å²) < 4.78 is 28.8. The maximum atomic E-state index is 13.8. The largest absolute Gasteiger partial charge is 0.493 e. The summed E-state index contributed by atoms with van der Waals surface area (Å²) in [4.78, 5) is 15.7. The van der Waals surface area contributed by atoms with Crippen LogP contribution in [0, 0.1) is 0 Å². The van der Waals surface area contributed by atoms with Crippen LogP contribution in [-0.4, -0.2) is 40.5 Å². The van der Waals surface area contributed by atoms with Crippen LogP contribution >= 0.6 is 0 Å². The lowest BCUT2D eigenvalue weighted by Crippen LogP contribution is -2.41. The second-order valence-electron chi connectivity index (χ2n) is 9.41.